The number of benzene rings is 1. The van der Waals surface area contributed by atoms with Gasteiger partial charge in [0.15, 0.2) is 5.82 Å². The summed E-state index contributed by atoms with van der Waals surface area (Å²) in [5.74, 6) is -2.39. The lowest BCUT2D eigenvalue weighted by molar-refractivity contribution is 0.0122. The van der Waals surface area contributed by atoms with Gasteiger partial charge in [0.1, 0.15) is 11.2 Å². The Labute approximate surface area is 169 Å². The Kier molecular flexibility index (Phi) is 3.99. The van der Waals surface area contributed by atoms with Crippen LogP contribution < -0.4 is 5.32 Å². The summed E-state index contributed by atoms with van der Waals surface area (Å²) >= 11 is 0. The van der Waals surface area contributed by atoms with Gasteiger partial charge in [-0.15, -0.1) is 0 Å². The van der Waals surface area contributed by atoms with Crippen molar-refractivity contribution in [2.75, 3.05) is 5.32 Å². The summed E-state index contributed by atoms with van der Waals surface area (Å²) in [4.78, 5) is 8.77. The Morgan fingerprint density at radius 3 is 2.73 bits per heavy atom. The largest absolute Gasteiger partial charge is 0.337 e. The maximum Gasteiger partial charge on any atom is 0.288 e. The molecule has 0 fully saturated rings. The average Bonchev–Trinajstić information content (AvgIpc) is 3.31. The summed E-state index contributed by atoms with van der Waals surface area (Å²) in [6, 6.07) is 12.7. The number of alkyl halides is 2. The van der Waals surface area contributed by atoms with E-state index in [9.17, 15) is 8.78 Å². The zero-order valence-corrected chi connectivity index (χ0v) is 16.2. The molecule has 5 aromatic rings. The van der Waals surface area contributed by atoms with Crippen LogP contribution in [0.2, 0.25) is 0 Å². The van der Waals surface area contributed by atoms with Crippen molar-refractivity contribution in [3.05, 3.63) is 60.6 Å². The van der Waals surface area contributed by atoms with Gasteiger partial charge in [-0.05, 0) is 41.8 Å². The molecule has 0 aliphatic heterocycles. The summed E-state index contributed by atoms with van der Waals surface area (Å²) in [6.45, 7) is 0.835. The van der Waals surface area contributed by atoms with E-state index in [1.165, 1.54) is 10.7 Å². The molecule has 4 heterocycles. The molecule has 0 radical (unpaired) electrons. The lowest BCUT2D eigenvalue weighted by Gasteiger charge is -2.09. The van der Waals surface area contributed by atoms with Gasteiger partial charge in [-0.2, -0.15) is 19.0 Å². The third-order valence-electron chi connectivity index (χ3n) is 4.92. The van der Waals surface area contributed by atoms with Crippen LogP contribution in [0.1, 0.15) is 12.6 Å². The van der Waals surface area contributed by atoms with Crippen LogP contribution in [0.25, 0.3) is 33.2 Å². The van der Waals surface area contributed by atoms with Crippen molar-refractivity contribution in [2.45, 2.75) is 12.8 Å². The normalized spacial score (nSPS) is 12.0. The highest BCUT2D eigenvalue weighted by Crippen LogP contribution is 2.33. The molecule has 0 amide bonds. The minimum absolute atomic E-state index is 0.282. The molecule has 0 saturated carbocycles. The van der Waals surface area contributed by atoms with E-state index < -0.39 is 5.92 Å². The quantitative estimate of drug-likeness (QED) is 0.450. The number of hydrogen-bond donors (Lipinski definition) is 2. The van der Waals surface area contributed by atoms with Crippen molar-refractivity contribution < 1.29 is 8.78 Å². The van der Waals surface area contributed by atoms with Crippen LogP contribution in [-0.4, -0.2) is 29.9 Å². The van der Waals surface area contributed by atoms with Crippen LogP contribution in [0.4, 0.5) is 20.3 Å². The summed E-state index contributed by atoms with van der Waals surface area (Å²) in [5, 5.41) is 16.2. The van der Waals surface area contributed by atoms with E-state index in [0.717, 1.165) is 34.4 Å². The maximum absolute atomic E-state index is 13.7. The number of nitrogens with zero attached hydrogens (tertiary/aromatic N) is 5. The molecule has 0 aliphatic rings. The van der Waals surface area contributed by atoms with E-state index >= 15 is 0 Å². The van der Waals surface area contributed by atoms with Gasteiger partial charge >= 0.3 is 0 Å². The second-order valence-electron chi connectivity index (χ2n) is 7.12. The molecule has 4 aromatic heterocycles. The van der Waals surface area contributed by atoms with Gasteiger partial charge in [-0.1, -0.05) is 6.07 Å². The third-order valence-corrected chi connectivity index (χ3v) is 4.92. The second kappa shape index (κ2) is 6.58. The van der Waals surface area contributed by atoms with Crippen molar-refractivity contribution >= 4 is 33.3 Å². The minimum atomic E-state index is -3.02. The predicted molar refractivity (Wildman–Crippen MR) is 111 cm³/mol. The van der Waals surface area contributed by atoms with E-state index in [0.29, 0.717) is 17.2 Å². The molecule has 0 aliphatic carbocycles. The maximum atomic E-state index is 13.7. The Morgan fingerprint density at radius 1 is 1.07 bits per heavy atom. The number of H-pyrrole nitrogens is 1. The number of aromatic nitrogens is 6. The van der Waals surface area contributed by atoms with Crippen LogP contribution in [0, 0.1) is 0 Å². The molecular weight excluding hydrogens is 388 g/mol. The van der Waals surface area contributed by atoms with Crippen molar-refractivity contribution in [1.82, 2.24) is 29.9 Å². The van der Waals surface area contributed by atoms with Gasteiger partial charge in [0.05, 0.1) is 16.9 Å². The van der Waals surface area contributed by atoms with Gasteiger partial charge in [-0.25, -0.2) is 0 Å². The van der Waals surface area contributed by atoms with E-state index in [1.807, 2.05) is 36.4 Å². The molecule has 0 bridgehead atoms. The van der Waals surface area contributed by atoms with Gasteiger partial charge in [0, 0.05) is 37.4 Å². The average molecular weight is 405 g/mol. The molecule has 150 valence electrons. The molecule has 0 unspecified atom stereocenters. The lowest BCUT2D eigenvalue weighted by Crippen LogP contribution is -2.08. The monoisotopic (exact) mass is 405 g/mol. The van der Waals surface area contributed by atoms with E-state index in [1.54, 1.807) is 19.4 Å². The van der Waals surface area contributed by atoms with Gasteiger partial charge < -0.3 is 5.32 Å². The van der Waals surface area contributed by atoms with Crippen LogP contribution in [0.15, 0.2) is 54.9 Å². The fraction of sp³-hybridized carbons (Fsp3) is 0.143. The molecular formula is C21H17F2N7. The van der Waals surface area contributed by atoms with E-state index in [-0.39, 0.29) is 5.69 Å². The highest BCUT2D eigenvalue weighted by atomic mass is 19.3. The summed E-state index contributed by atoms with van der Waals surface area (Å²) in [6.07, 6.45) is 3.37. The molecule has 7 nitrogen and oxygen atoms in total. The predicted octanol–water partition coefficient (Wildman–Crippen LogP) is 4.76. The first-order chi connectivity index (χ1) is 14.4. The highest BCUT2D eigenvalue weighted by Gasteiger charge is 2.29. The van der Waals surface area contributed by atoms with Gasteiger partial charge in [-0.3, -0.25) is 19.7 Å². The smallest absolute Gasteiger partial charge is 0.288 e. The second-order valence-corrected chi connectivity index (χ2v) is 7.12. The minimum Gasteiger partial charge on any atom is -0.337 e. The summed E-state index contributed by atoms with van der Waals surface area (Å²) < 4.78 is 28.8. The van der Waals surface area contributed by atoms with E-state index in [4.69, 9.17) is 0 Å². The Hall–Kier alpha value is -3.88. The number of nitrogens with one attached hydrogen (secondary N) is 2. The molecule has 1 aromatic carbocycles. The molecule has 9 heteroatoms. The SMILES string of the molecule is Cn1nc(C(C)(F)F)cc1-c1nccc2cc(Nc3n[nH]c4cccnc34)ccc12. The Morgan fingerprint density at radius 2 is 1.93 bits per heavy atom. The Balaban J connectivity index is 1.55. The number of aromatic amines is 1. The topological polar surface area (TPSA) is 84.3 Å². The van der Waals surface area contributed by atoms with Crippen molar-refractivity contribution in [3.63, 3.8) is 0 Å². The molecule has 0 atom stereocenters. The van der Waals surface area contributed by atoms with Gasteiger partial charge in [0.2, 0.25) is 0 Å². The first-order valence-electron chi connectivity index (χ1n) is 9.28. The van der Waals surface area contributed by atoms with Crippen LogP contribution in [-0.2, 0) is 13.0 Å². The summed E-state index contributed by atoms with van der Waals surface area (Å²) in [7, 11) is 1.64. The van der Waals surface area contributed by atoms with Crippen LogP contribution >= 0.6 is 0 Å². The van der Waals surface area contributed by atoms with Crippen LogP contribution in [0.3, 0.4) is 0 Å². The van der Waals surface area contributed by atoms with Crippen LogP contribution in [0.5, 0.6) is 0 Å². The number of halogens is 2. The van der Waals surface area contributed by atoms with E-state index in [2.05, 4.69) is 30.6 Å². The standard InChI is InChI=1S/C21H17F2N7/c1-21(22,23)17-11-16(30(2)29-17)18-14-6-5-13(10-12(14)7-9-25-18)26-20-19-15(27-28-20)4-3-8-24-19/h3-11H,1-2H3,(H2,26,27,28). The van der Waals surface area contributed by atoms with Crippen molar-refractivity contribution in [2.24, 2.45) is 7.05 Å². The number of fused-ring (bicyclic) bond motifs is 2. The highest BCUT2D eigenvalue weighted by molar-refractivity contribution is 5.96. The third kappa shape index (κ3) is 3.04. The molecule has 2 N–H and O–H groups in total. The van der Waals surface area contributed by atoms with Crippen molar-refractivity contribution in [3.8, 4) is 11.4 Å². The first kappa shape index (κ1) is 18.2. The fourth-order valence-corrected chi connectivity index (χ4v) is 3.44. The zero-order chi connectivity index (χ0) is 20.9. The van der Waals surface area contributed by atoms with Crippen molar-refractivity contribution in [1.29, 1.82) is 0 Å². The Bertz CT molecular complexity index is 1380. The number of anilines is 2. The lowest BCUT2D eigenvalue weighted by atomic mass is 10.1. The number of rotatable bonds is 4. The molecule has 5 rings (SSSR count). The summed E-state index contributed by atoms with van der Waals surface area (Å²) in [5.41, 5.74) is 3.25. The molecule has 0 saturated heterocycles. The zero-order valence-electron chi connectivity index (χ0n) is 16.2. The number of hydrogen-bond acceptors (Lipinski definition) is 5. The molecule has 0 spiro atoms. The number of aryl methyl sites for hydroxylation is 1. The fourth-order valence-electron chi connectivity index (χ4n) is 3.44. The number of pyridine rings is 2. The molecule has 30 heavy (non-hydrogen) atoms. The van der Waals surface area contributed by atoms with Gasteiger partial charge in [0.25, 0.3) is 5.92 Å². The first-order valence-corrected chi connectivity index (χ1v) is 9.28.